The lowest BCUT2D eigenvalue weighted by Gasteiger charge is -2.29. The van der Waals surface area contributed by atoms with E-state index < -0.39 is 0 Å². The van der Waals surface area contributed by atoms with Crippen molar-refractivity contribution in [1.82, 2.24) is 4.98 Å². The number of hydrogen-bond acceptors (Lipinski definition) is 4. The lowest BCUT2D eigenvalue weighted by Crippen LogP contribution is -2.15. The number of fused-ring (bicyclic) bond motifs is 7. The number of aromatic nitrogens is 1. The van der Waals surface area contributed by atoms with Crippen LogP contribution >= 0.6 is 11.3 Å². The summed E-state index contributed by atoms with van der Waals surface area (Å²) in [7, 11) is 0. The van der Waals surface area contributed by atoms with Gasteiger partial charge in [0, 0.05) is 50.5 Å². The van der Waals surface area contributed by atoms with Gasteiger partial charge in [0.05, 0.1) is 10.2 Å². The first-order valence-corrected chi connectivity index (χ1v) is 19.3. The highest BCUT2D eigenvalue weighted by Crippen LogP contribution is 2.52. The Balaban J connectivity index is 1.03. The van der Waals surface area contributed by atoms with Crippen molar-refractivity contribution in [2.75, 3.05) is 9.80 Å². The average Bonchev–Trinajstić information content (AvgIpc) is 3.77. The Bertz CT molecular complexity index is 2750. The van der Waals surface area contributed by atoms with Gasteiger partial charge < -0.3 is 9.80 Å². The first kappa shape index (κ1) is 32.2. The molecule has 8 aromatic carbocycles. The highest BCUT2D eigenvalue weighted by Gasteiger charge is 2.36. The van der Waals surface area contributed by atoms with Gasteiger partial charge in [-0.15, -0.1) is 11.3 Å². The van der Waals surface area contributed by atoms with Gasteiger partial charge in [0.25, 0.3) is 0 Å². The number of benzene rings is 8. The predicted octanol–water partition coefficient (Wildman–Crippen LogP) is 14.4. The summed E-state index contributed by atoms with van der Waals surface area (Å²) in [5.41, 5.74) is 14.2. The second kappa shape index (κ2) is 12.9. The normalized spacial score (nSPS) is 12.8. The quantitative estimate of drug-likeness (QED) is 0.164. The van der Waals surface area contributed by atoms with Gasteiger partial charge in [-0.25, -0.2) is 4.98 Å². The SMILES string of the molecule is CC1(C)c2ccccc2-c2ccc3c(ccc4nc(-c5ccc(N(c6ccccc6)c6cccc(N(c7ccccc7)c7ccccc7)c6)cc5)sc43)c21. The van der Waals surface area contributed by atoms with Gasteiger partial charge in [0.2, 0.25) is 0 Å². The summed E-state index contributed by atoms with van der Waals surface area (Å²) < 4.78 is 1.24. The summed E-state index contributed by atoms with van der Waals surface area (Å²) in [6, 6.07) is 67.4. The molecule has 258 valence electrons. The van der Waals surface area contributed by atoms with Gasteiger partial charge >= 0.3 is 0 Å². The number of rotatable bonds is 7. The van der Waals surface area contributed by atoms with E-state index >= 15 is 0 Å². The van der Waals surface area contributed by atoms with Gasteiger partial charge in [-0.2, -0.15) is 0 Å². The maximum Gasteiger partial charge on any atom is 0.124 e. The molecule has 0 saturated carbocycles. The number of para-hydroxylation sites is 3. The van der Waals surface area contributed by atoms with Crippen LogP contribution in [0, 0.1) is 0 Å². The molecule has 1 aromatic heterocycles. The summed E-state index contributed by atoms with van der Waals surface area (Å²) >= 11 is 1.79. The molecule has 0 radical (unpaired) electrons. The molecule has 0 fully saturated rings. The number of hydrogen-bond donors (Lipinski definition) is 0. The third-order valence-corrected chi connectivity index (χ3v) is 12.0. The van der Waals surface area contributed by atoms with Crippen molar-refractivity contribution in [3.8, 4) is 21.7 Å². The van der Waals surface area contributed by atoms with Crippen molar-refractivity contribution in [2.24, 2.45) is 0 Å². The van der Waals surface area contributed by atoms with Crippen LogP contribution in [0.3, 0.4) is 0 Å². The number of anilines is 6. The first-order chi connectivity index (χ1) is 26.5. The summed E-state index contributed by atoms with van der Waals surface area (Å²) in [5, 5.41) is 3.63. The molecule has 0 unspecified atom stereocenters. The van der Waals surface area contributed by atoms with E-state index in [9.17, 15) is 0 Å². The van der Waals surface area contributed by atoms with Gasteiger partial charge in [-0.1, -0.05) is 117 Å². The van der Waals surface area contributed by atoms with Gasteiger partial charge in [0.1, 0.15) is 5.01 Å². The molecule has 9 aromatic rings. The van der Waals surface area contributed by atoms with Crippen molar-refractivity contribution < 1.29 is 0 Å². The Labute approximate surface area is 320 Å². The number of thiazole rings is 1. The molecular formula is C50H37N3S. The molecule has 0 saturated heterocycles. The van der Waals surface area contributed by atoms with Crippen LogP contribution < -0.4 is 9.80 Å². The fraction of sp³-hybridized carbons (Fsp3) is 0.0600. The summed E-state index contributed by atoms with van der Waals surface area (Å²) in [5.74, 6) is 0. The number of nitrogens with zero attached hydrogens (tertiary/aromatic N) is 3. The fourth-order valence-electron chi connectivity index (χ4n) is 8.36. The van der Waals surface area contributed by atoms with E-state index in [1.165, 1.54) is 37.7 Å². The maximum absolute atomic E-state index is 5.18. The molecule has 0 spiro atoms. The molecule has 0 amide bonds. The van der Waals surface area contributed by atoms with E-state index in [0.717, 1.165) is 50.2 Å². The molecule has 0 aliphatic heterocycles. The lowest BCUT2D eigenvalue weighted by molar-refractivity contribution is 0.666. The van der Waals surface area contributed by atoms with Gasteiger partial charge in [-0.3, -0.25) is 0 Å². The molecule has 0 N–H and O–H groups in total. The highest BCUT2D eigenvalue weighted by atomic mass is 32.1. The Morgan fingerprint density at radius 2 is 0.963 bits per heavy atom. The second-order valence-electron chi connectivity index (χ2n) is 14.4. The van der Waals surface area contributed by atoms with Gasteiger partial charge in [0.15, 0.2) is 0 Å². The molecule has 1 heterocycles. The van der Waals surface area contributed by atoms with E-state index in [1.54, 1.807) is 11.3 Å². The zero-order valence-electron chi connectivity index (χ0n) is 30.1. The zero-order chi connectivity index (χ0) is 36.2. The standard InChI is InChI=1S/C50H37N3S/c1-50(2)45-24-13-12-23-41(45)42-29-30-44-43(47(42)50)31-32-46-48(44)54-49(51-46)34-25-27-38(28-26-34)53(37-19-10-5-11-20-37)40-22-14-21-39(33-40)52(35-15-6-3-7-16-35)36-17-8-4-9-18-36/h3-33H,1-2H3. The fourth-order valence-corrected chi connectivity index (χ4v) is 9.46. The zero-order valence-corrected chi connectivity index (χ0v) is 31.0. The topological polar surface area (TPSA) is 19.4 Å². The van der Waals surface area contributed by atoms with Crippen LogP contribution in [0.25, 0.3) is 42.7 Å². The minimum absolute atomic E-state index is 0.0615. The molecule has 0 bridgehead atoms. The minimum Gasteiger partial charge on any atom is -0.310 e. The first-order valence-electron chi connectivity index (χ1n) is 18.5. The van der Waals surface area contributed by atoms with Crippen LogP contribution in [0.2, 0.25) is 0 Å². The van der Waals surface area contributed by atoms with Crippen molar-refractivity contribution in [2.45, 2.75) is 19.3 Å². The second-order valence-corrected chi connectivity index (χ2v) is 15.4. The molecule has 0 atom stereocenters. The Morgan fingerprint density at radius 1 is 0.444 bits per heavy atom. The van der Waals surface area contributed by atoms with Crippen molar-refractivity contribution >= 4 is 66.5 Å². The summed E-state index contributed by atoms with van der Waals surface area (Å²) in [4.78, 5) is 9.81. The largest absolute Gasteiger partial charge is 0.310 e. The van der Waals surface area contributed by atoms with Crippen molar-refractivity contribution in [3.05, 3.63) is 199 Å². The maximum atomic E-state index is 5.18. The molecular weight excluding hydrogens is 675 g/mol. The van der Waals surface area contributed by atoms with Crippen LogP contribution in [0.5, 0.6) is 0 Å². The Kier molecular flexibility index (Phi) is 7.67. The lowest BCUT2D eigenvalue weighted by atomic mass is 9.80. The van der Waals surface area contributed by atoms with E-state index in [2.05, 4.69) is 212 Å². The van der Waals surface area contributed by atoms with Crippen LogP contribution in [0.4, 0.5) is 34.1 Å². The van der Waals surface area contributed by atoms with Gasteiger partial charge in [-0.05, 0) is 113 Å². The summed E-state index contributed by atoms with van der Waals surface area (Å²) in [6.45, 7) is 4.72. The predicted molar refractivity (Wildman–Crippen MR) is 229 cm³/mol. The molecule has 3 nitrogen and oxygen atoms in total. The van der Waals surface area contributed by atoms with Crippen molar-refractivity contribution in [3.63, 3.8) is 0 Å². The molecule has 10 rings (SSSR count). The monoisotopic (exact) mass is 711 g/mol. The average molecular weight is 712 g/mol. The highest BCUT2D eigenvalue weighted by molar-refractivity contribution is 7.22. The van der Waals surface area contributed by atoms with Crippen LogP contribution in [-0.2, 0) is 5.41 Å². The van der Waals surface area contributed by atoms with Crippen LogP contribution in [0.1, 0.15) is 25.0 Å². The Hall–Kier alpha value is -6.49. The van der Waals surface area contributed by atoms with E-state index in [0.29, 0.717) is 0 Å². The molecule has 1 aliphatic carbocycles. The van der Waals surface area contributed by atoms with Crippen LogP contribution in [0.15, 0.2) is 188 Å². The van der Waals surface area contributed by atoms with Crippen molar-refractivity contribution in [1.29, 1.82) is 0 Å². The Morgan fingerprint density at radius 3 is 1.57 bits per heavy atom. The third kappa shape index (κ3) is 5.29. The third-order valence-electron chi connectivity index (χ3n) is 10.8. The molecule has 1 aliphatic rings. The molecule has 4 heteroatoms. The van der Waals surface area contributed by atoms with E-state index in [-0.39, 0.29) is 5.41 Å². The molecule has 54 heavy (non-hydrogen) atoms. The van der Waals surface area contributed by atoms with E-state index in [4.69, 9.17) is 4.98 Å². The van der Waals surface area contributed by atoms with E-state index in [1.807, 2.05) is 0 Å². The minimum atomic E-state index is -0.0615. The summed E-state index contributed by atoms with van der Waals surface area (Å²) in [6.07, 6.45) is 0. The van der Waals surface area contributed by atoms with Crippen LogP contribution in [-0.4, -0.2) is 4.98 Å². The smallest absolute Gasteiger partial charge is 0.124 e.